The van der Waals surface area contributed by atoms with Gasteiger partial charge in [0.2, 0.25) is 5.88 Å². The van der Waals surface area contributed by atoms with Crippen LogP contribution in [0, 0.1) is 0 Å². The summed E-state index contributed by atoms with van der Waals surface area (Å²) in [6, 6.07) is 3.00. The van der Waals surface area contributed by atoms with Crippen LogP contribution in [0.2, 0.25) is 0 Å². The van der Waals surface area contributed by atoms with Crippen molar-refractivity contribution in [2.75, 3.05) is 7.11 Å². The predicted molar refractivity (Wildman–Crippen MR) is 67.3 cm³/mol. The Morgan fingerprint density at radius 1 is 1.37 bits per heavy atom. The number of methoxy groups -OCH3 is 1. The Hall–Kier alpha value is -2.11. The lowest BCUT2D eigenvalue weighted by Gasteiger charge is -2.09. The highest BCUT2D eigenvalue weighted by Crippen LogP contribution is 2.24. The van der Waals surface area contributed by atoms with Crippen LogP contribution >= 0.6 is 0 Å². The average Bonchev–Trinajstić information content (AvgIpc) is 2.85. The molecule has 0 atom stereocenters. The summed E-state index contributed by atoms with van der Waals surface area (Å²) in [6.45, 7) is 0.328. The monoisotopic (exact) mass is 261 g/mol. The summed E-state index contributed by atoms with van der Waals surface area (Å²) in [7, 11) is 1.52. The molecule has 2 aromatic rings. The molecule has 2 heterocycles. The van der Waals surface area contributed by atoms with E-state index >= 15 is 0 Å². The molecular formula is C13H15N3O3. The van der Waals surface area contributed by atoms with Crippen LogP contribution in [0.15, 0.2) is 21.5 Å². The molecule has 0 N–H and O–H groups in total. The van der Waals surface area contributed by atoms with E-state index < -0.39 is 0 Å². The second-order valence-electron chi connectivity index (χ2n) is 4.61. The number of aryl methyl sites for hydroxylation is 1. The summed E-state index contributed by atoms with van der Waals surface area (Å²) in [5, 5.41) is 8.19. The van der Waals surface area contributed by atoms with Crippen molar-refractivity contribution in [1.29, 1.82) is 0 Å². The molecule has 0 radical (unpaired) electrons. The number of hydrogen-bond donors (Lipinski definition) is 0. The summed E-state index contributed by atoms with van der Waals surface area (Å²) in [5.74, 6) is 1.37. The van der Waals surface area contributed by atoms with E-state index in [0.29, 0.717) is 12.4 Å². The molecule has 0 aromatic carbocycles. The molecule has 0 spiro atoms. The fourth-order valence-electron chi connectivity index (χ4n) is 2.37. The van der Waals surface area contributed by atoms with Crippen LogP contribution in [0.25, 0.3) is 0 Å². The highest BCUT2D eigenvalue weighted by atomic mass is 16.5. The lowest BCUT2D eigenvalue weighted by molar-refractivity contribution is 0.361. The zero-order valence-electron chi connectivity index (χ0n) is 10.8. The van der Waals surface area contributed by atoms with Gasteiger partial charge < -0.3 is 9.26 Å². The van der Waals surface area contributed by atoms with Crippen LogP contribution in [0.1, 0.15) is 29.9 Å². The first-order chi connectivity index (χ1) is 9.28. The van der Waals surface area contributed by atoms with E-state index in [0.717, 1.165) is 42.7 Å². The average molecular weight is 261 g/mol. The highest BCUT2D eigenvalue weighted by Gasteiger charge is 2.20. The maximum Gasteiger partial charge on any atom is 0.267 e. The molecule has 0 unspecified atom stereocenters. The van der Waals surface area contributed by atoms with Crippen molar-refractivity contribution in [2.24, 2.45) is 0 Å². The molecule has 6 heteroatoms. The van der Waals surface area contributed by atoms with Crippen LogP contribution in [0.4, 0.5) is 0 Å². The Bertz CT molecular complexity index is 645. The molecule has 0 saturated carbocycles. The Morgan fingerprint density at radius 3 is 3.05 bits per heavy atom. The highest BCUT2D eigenvalue weighted by molar-refractivity contribution is 5.25. The van der Waals surface area contributed by atoms with E-state index in [1.165, 1.54) is 17.9 Å². The topological polar surface area (TPSA) is 70.2 Å². The number of aromatic nitrogens is 3. The van der Waals surface area contributed by atoms with Gasteiger partial charge in [-0.3, -0.25) is 4.79 Å². The van der Waals surface area contributed by atoms with Gasteiger partial charge >= 0.3 is 0 Å². The number of rotatable bonds is 3. The van der Waals surface area contributed by atoms with Crippen LogP contribution in [0.5, 0.6) is 5.88 Å². The van der Waals surface area contributed by atoms with E-state index in [-0.39, 0.29) is 5.56 Å². The standard InChI is InChI=1S/C13H15N3O3/c1-18-12-6-7-13(17)16(14-12)8-10-9-4-2-3-5-11(9)19-15-10/h6-7H,2-5,8H2,1H3. The molecule has 1 aliphatic carbocycles. The molecular weight excluding hydrogens is 246 g/mol. The van der Waals surface area contributed by atoms with Gasteiger partial charge in [0.1, 0.15) is 11.5 Å². The Morgan fingerprint density at radius 2 is 2.21 bits per heavy atom. The van der Waals surface area contributed by atoms with Gasteiger partial charge in [-0.25, -0.2) is 4.68 Å². The smallest absolute Gasteiger partial charge is 0.267 e. The molecule has 0 amide bonds. The maximum atomic E-state index is 11.8. The van der Waals surface area contributed by atoms with Crippen molar-refractivity contribution in [1.82, 2.24) is 14.9 Å². The summed E-state index contributed by atoms with van der Waals surface area (Å²) in [4.78, 5) is 11.8. The number of fused-ring (bicyclic) bond motifs is 1. The van der Waals surface area contributed by atoms with Crippen LogP contribution < -0.4 is 10.3 Å². The summed E-state index contributed by atoms with van der Waals surface area (Å²) in [6.07, 6.45) is 4.18. The summed E-state index contributed by atoms with van der Waals surface area (Å²) >= 11 is 0. The Kier molecular flexibility index (Phi) is 3.06. The Balaban J connectivity index is 1.93. The van der Waals surface area contributed by atoms with Gasteiger partial charge in [0.05, 0.1) is 13.7 Å². The predicted octanol–water partition coefficient (Wildman–Crippen LogP) is 1.17. The molecule has 2 aromatic heterocycles. The number of hydrogen-bond acceptors (Lipinski definition) is 5. The molecule has 0 bridgehead atoms. The molecule has 3 rings (SSSR count). The van der Waals surface area contributed by atoms with Crippen molar-refractivity contribution in [2.45, 2.75) is 32.2 Å². The van der Waals surface area contributed by atoms with Crippen molar-refractivity contribution in [3.8, 4) is 5.88 Å². The van der Waals surface area contributed by atoms with Crippen LogP contribution in [0.3, 0.4) is 0 Å². The molecule has 6 nitrogen and oxygen atoms in total. The fraction of sp³-hybridized carbons (Fsp3) is 0.462. The van der Waals surface area contributed by atoms with E-state index in [2.05, 4.69) is 10.3 Å². The summed E-state index contributed by atoms with van der Waals surface area (Å²) < 4.78 is 11.7. The maximum absolute atomic E-state index is 11.8. The van der Waals surface area contributed by atoms with Crippen molar-refractivity contribution in [3.63, 3.8) is 0 Å². The Labute approximate surface area is 110 Å². The van der Waals surface area contributed by atoms with Crippen molar-refractivity contribution in [3.05, 3.63) is 39.5 Å². The SMILES string of the molecule is COc1ccc(=O)n(Cc2noc3c2CCCC3)n1. The quantitative estimate of drug-likeness (QED) is 0.829. The molecule has 0 aliphatic heterocycles. The second kappa shape index (κ2) is 4.87. The van der Waals surface area contributed by atoms with Crippen molar-refractivity contribution < 1.29 is 9.26 Å². The number of nitrogens with zero attached hydrogens (tertiary/aromatic N) is 3. The van der Waals surface area contributed by atoms with E-state index in [9.17, 15) is 4.79 Å². The van der Waals surface area contributed by atoms with Gasteiger partial charge in [0.15, 0.2) is 0 Å². The molecule has 19 heavy (non-hydrogen) atoms. The van der Waals surface area contributed by atoms with Gasteiger partial charge in [-0.15, -0.1) is 5.10 Å². The minimum Gasteiger partial charge on any atom is -0.480 e. The zero-order chi connectivity index (χ0) is 13.2. The molecule has 0 saturated heterocycles. The minimum absolute atomic E-state index is 0.173. The first-order valence-corrected chi connectivity index (χ1v) is 6.36. The van der Waals surface area contributed by atoms with Gasteiger partial charge in [-0.05, 0) is 19.3 Å². The fourth-order valence-corrected chi connectivity index (χ4v) is 2.37. The van der Waals surface area contributed by atoms with E-state index in [1.807, 2.05) is 0 Å². The third-order valence-electron chi connectivity index (χ3n) is 3.38. The van der Waals surface area contributed by atoms with Crippen LogP contribution in [-0.4, -0.2) is 22.0 Å². The largest absolute Gasteiger partial charge is 0.480 e. The third kappa shape index (κ3) is 2.25. The normalized spacial score (nSPS) is 14.2. The molecule has 0 fully saturated rings. The van der Waals surface area contributed by atoms with Gasteiger partial charge in [0.25, 0.3) is 5.56 Å². The lowest BCUT2D eigenvalue weighted by atomic mass is 9.96. The molecule has 1 aliphatic rings. The first-order valence-electron chi connectivity index (χ1n) is 6.36. The zero-order valence-corrected chi connectivity index (χ0v) is 10.8. The van der Waals surface area contributed by atoms with E-state index in [1.54, 1.807) is 6.07 Å². The lowest BCUT2D eigenvalue weighted by Crippen LogP contribution is -2.23. The second-order valence-corrected chi connectivity index (χ2v) is 4.61. The van der Waals surface area contributed by atoms with Gasteiger partial charge in [0, 0.05) is 24.1 Å². The molecule has 100 valence electrons. The first kappa shape index (κ1) is 12.0. The summed E-state index contributed by atoms with van der Waals surface area (Å²) in [5.41, 5.74) is 1.77. The van der Waals surface area contributed by atoms with Gasteiger partial charge in [-0.2, -0.15) is 0 Å². The van der Waals surface area contributed by atoms with Gasteiger partial charge in [-0.1, -0.05) is 5.16 Å². The number of ether oxygens (including phenoxy) is 1. The van der Waals surface area contributed by atoms with E-state index in [4.69, 9.17) is 9.26 Å². The van der Waals surface area contributed by atoms with Crippen molar-refractivity contribution >= 4 is 0 Å². The van der Waals surface area contributed by atoms with Crippen LogP contribution in [-0.2, 0) is 19.4 Å². The third-order valence-corrected chi connectivity index (χ3v) is 3.38. The minimum atomic E-state index is -0.173.